The second kappa shape index (κ2) is 5.93. The number of amides is 1. The van der Waals surface area contributed by atoms with Crippen molar-refractivity contribution in [2.75, 3.05) is 5.32 Å². The number of carbonyl (C=O) groups excluding carboxylic acids is 1. The van der Waals surface area contributed by atoms with Gasteiger partial charge < -0.3 is 10.2 Å². The minimum atomic E-state index is -0.330. The molecular weight excluding hydrogens is 290 g/mol. The molecule has 3 rings (SSSR count). The van der Waals surface area contributed by atoms with Crippen LogP contribution in [0.15, 0.2) is 53.7 Å². The average molecular weight is 302 g/mol. The topological polar surface area (TPSA) is 63.6 Å². The lowest BCUT2D eigenvalue weighted by Gasteiger charge is -2.07. The highest BCUT2D eigenvalue weighted by Gasteiger charge is 2.27. The van der Waals surface area contributed by atoms with Crippen molar-refractivity contribution in [3.8, 4) is 0 Å². The van der Waals surface area contributed by atoms with Crippen molar-refractivity contribution < 1.29 is 9.63 Å². The Morgan fingerprint density at radius 3 is 2.76 bits per heavy atom. The van der Waals surface area contributed by atoms with Crippen molar-refractivity contribution in [2.24, 2.45) is 5.16 Å². The third-order valence-electron chi connectivity index (χ3n) is 3.06. The van der Waals surface area contributed by atoms with Gasteiger partial charge >= 0.3 is 0 Å². The van der Waals surface area contributed by atoms with Crippen LogP contribution in [0.2, 0.25) is 5.15 Å². The second-order valence-electron chi connectivity index (χ2n) is 4.55. The highest BCUT2D eigenvalue weighted by Crippen LogP contribution is 2.27. The fourth-order valence-corrected chi connectivity index (χ4v) is 2.19. The second-order valence-corrected chi connectivity index (χ2v) is 4.93. The lowest BCUT2D eigenvalue weighted by molar-refractivity contribution is -0.110. The first-order valence-corrected chi connectivity index (χ1v) is 6.82. The molecule has 6 heteroatoms. The number of pyridine rings is 1. The Labute approximate surface area is 126 Å². The summed E-state index contributed by atoms with van der Waals surface area (Å²) in [6.45, 7) is 0. The molecule has 1 N–H and O–H groups in total. The summed E-state index contributed by atoms with van der Waals surface area (Å²) < 4.78 is 0. The molecule has 106 valence electrons. The number of halogens is 1. The maximum atomic E-state index is 12.1. The molecule has 0 radical (unpaired) electrons. The Morgan fingerprint density at radius 2 is 2.00 bits per heavy atom. The van der Waals surface area contributed by atoms with Crippen LogP contribution in [0, 0.1) is 0 Å². The van der Waals surface area contributed by atoms with E-state index in [1.165, 1.54) is 0 Å². The van der Waals surface area contributed by atoms with Gasteiger partial charge in [0.25, 0.3) is 5.91 Å². The number of rotatable bonds is 3. The van der Waals surface area contributed by atoms with Crippen LogP contribution in [0.5, 0.6) is 0 Å². The lowest BCUT2D eigenvalue weighted by atomic mass is 10.0. The minimum absolute atomic E-state index is 0.223. The molecule has 1 atom stereocenters. The van der Waals surface area contributed by atoms with Crippen LogP contribution in [-0.2, 0) is 9.63 Å². The largest absolute Gasteiger partial charge is 0.387 e. The smallest absolute Gasteiger partial charge is 0.274 e. The van der Waals surface area contributed by atoms with Gasteiger partial charge in [0.15, 0.2) is 6.10 Å². The molecule has 1 aliphatic heterocycles. The first kappa shape index (κ1) is 13.6. The van der Waals surface area contributed by atoms with Crippen molar-refractivity contribution in [1.82, 2.24) is 4.98 Å². The molecule has 5 nitrogen and oxygen atoms in total. The molecule has 1 aromatic carbocycles. The van der Waals surface area contributed by atoms with Gasteiger partial charge in [-0.3, -0.25) is 4.79 Å². The standard InChI is InChI=1S/C15H12ClN3O2/c16-13-7-4-8-14(17-13)18-15(20)11-9-12(21-19-11)10-5-2-1-3-6-10/h1-8,12H,9H2,(H,17,18,20)/t12-/m0/s1. The van der Waals surface area contributed by atoms with Crippen LogP contribution in [0.25, 0.3) is 0 Å². The van der Waals surface area contributed by atoms with Crippen molar-refractivity contribution in [3.63, 3.8) is 0 Å². The van der Waals surface area contributed by atoms with Crippen LogP contribution in [0.3, 0.4) is 0 Å². The zero-order chi connectivity index (χ0) is 14.7. The van der Waals surface area contributed by atoms with Crippen LogP contribution >= 0.6 is 11.6 Å². The van der Waals surface area contributed by atoms with Crippen molar-refractivity contribution >= 4 is 29.0 Å². The molecule has 0 aliphatic carbocycles. The van der Waals surface area contributed by atoms with Gasteiger partial charge in [-0.2, -0.15) is 0 Å². The molecule has 0 bridgehead atoms. The van der Waals surface area contributed by atoms with E-state index in [1.54, 1.807) is 18.2 Å². The van der Waals surface area contributed by atoms with Crippen molar-refractivity contribution in [3.05, 3.63) is 59.2 Å². The molecule has 0 saturated carbocycles. The molecular formula is C15H12ClN3O2. The Morgan fingerprint density at radius 1 is 1.19 bits per heavy atom. The van der Waals surface area contributed by atoms with E-state index in [0.29, 0.717) is 23.1 Å². The molecule has 2 heterocycles. The first-order valence-electron chi connectivity index (χ1n) is 6.44. The van der Waals surface area contributed by atoms with Gasteiger partial charge in [-0.05, 0) is 17.7 Å². The van der Waals surface area contributed by atoms with Gasteiger partial charge in [-0.1, -0.05) is 53.2 Å². The van der Waals surface area contributed by atoms with E-state index in [1.807, 2.05) is 30.3 Å². The third kappa shape index (κ3) is 3.20. The zero-order valence-corrected chi connectivity index (χ0v) is 11.7. The fraction of sp³-hybridized carbons (Fsp3) is 0.133. The highest BCUT2D eigenvalue weighted by atomic mass is 35.5. The van der Waals surface area contributed by atoms with E-state index in [9.17, 15) is 4.79 Å². The molecule has 2 aromatic rings. The van der Waals surface area contributed by atoms with Crippen LogP contribution in [0.4, 0.5) is 5.82 Å². The van der Waals surface area contributed by atoms with Crippen molar-refractivity contribution in [1.29, 1.82) is 0 Å². The van der Waals surface area contributed by atoms with Crippen LogP contribution < -0.4 is 5.32 Å². The van der Waals surface area contributed by atoms with Crippen molar-refractivity contribution in [2.45, 2.75) is 12.5 Å². The van der Waals surface area contributed by atoms with Gasteiger partial charge in [0, 0.05) is 6.42 Å². The summed E-state index contributed by atoms with van der Waals surface area (Å²) in [5, 5.41) is 6.83. The van der Waals surface area contributed by atoms with E-state index in [0.717, 1.165) is 5.56 Å². The summed E-state index contributed by atoms with van der Waals surface area (Å²) in [5.74, 6) is 0.0570. The SMILES string of the molecule is O=C(Nc1cccc(Cl)n1)C1=NO[C@H](c2ccccc2)C1. The van der Waals surface area contributed by atoms with Crippen LogP contribution in [0.1, 0.15) is 18.1 Å². The van der Waals surface area contributed by atoms with E-state index in [2.05, 4.69) is 15.5 Å². The molecule has 1 aliphatic rings. The van der Waals surface area contributed by atoms with Gasteiger partial charge in [-0.25, -0.2) is 4.98 Å². The predicted octanol–water partition coefficient (Wildman–Crippen LogP) is 3.19. The maximum Gasteiger partial charge on any atom is 0.274 e. The Kier molecular flexibility index (Phi) is 3.83. The minimum Gasteiger partial charge on any atom is -0.387 e. The monoisotopic (exact) mass is 301 g/mol. The quantitative estimate of drug-likeness (QED) is 0.886. The summed E-state index contributed by atoms with van der Waals surface area (Å²) >= 11 is 5.77. The van der Waals surface area contributed by atoms with Gasteiger partial charge in [0.2, 0.25) is 0 Å². The van der Waals surface area contributed by atoms with Crippen LogP contribution in [-0.4, -0.2) is 16.6 Å². The van der Waals surface area contributed by atoms with Gasteiger partial charge in [0.05, 0.1) is 0 Å². The zero-order valence-electron chi connectivity index (χ0n) is 11.0. The first-order chi connectivity index (χ1) is 10.2. The van der Waals surface area contributed by atoms with E-state index < -0.39 is 0 Å². The Hall–Kier alpha value is -2.40. The third-order valence-corrected chi connectivity index (χ3v) is 3.27. The molecule has 1 amide bonds. The lowest BCUT2D eigenvalue weighted by Crippen LogP contribution is -2.22. The number of oxime groups is 1. The molecule has 0 unspecified atom stereocenters. The number of carbonyl (C=O) groups is 1. The normalized spacial score (nSPS) is 17.0. The molecule has 0 saturated heterocycles. The number of hydrogen-bond acceptors (Lipinski definition) is 4. The summed E-state index contributed by atoms with van der Waals surface area (Å²) in [6.07, 6.45) is 0.204. The molecule has 0 spiro atoms. The summed E-state index contributed by atoms with van der Waals surface area (Å²) in [7, 11) is 0. The summed E-state index contributed by atoms with van der Waals surface area (Å²) in [4.78, 5) is 21.4. The number of nitrogens with one attached hydrogen (secondary N) is 1. The number of aromatic nitrogens is 1. The summed E-state index contributed by atoms with van der Waals surface area (Å²) in [5.41, 5.74) is 1.33. The van der Waals surface area contributed by atoms with E-state index in [-0.39, 0.29) is 12.0 Å². The van der Waals surface area contributed by atoms with Gasteiger partial charge in [0.1, 0.15) is 16.7 Å². The Bertz CT molecular complexity index is 688. The molecule has 0 fully saturated rings. The predicted molar refractivity (Wildman–Crippen MR) is 80.2 cm³/mol. The number of hydrogen-bond donors (Lipinski definition) is 1. The number of nitrogens with zero attached hydrogens (tertiary/aromatic N) is 2. The molecule has 21 heavy (non-hydrogen) atoms. The average Bonchev–Trinajstić information content (AvgIpc) is 2.98. The molecule has 1 aromatic heterocycles. The Balaban J connectivity index is 1.65. The van der Waals surface area contributed by atoms with E-state index in [4.69, 9.17) is 16.4 Å². The van der Waals surface area contributed by atoms with E-state index >= 15 is 0 Å². The number of anilines is 1. The summed E-state index contributed by atoms with van der Waals surface area (Å²) in [6, 6.07) is 14.7. The number of benzene rings is 1. The maximum absolute atomic E-state index is 12.1. The van der Waals surface area contributed by atoms with Gasteiger partial charge in [-0.15, -0.1) is 0 Å². The fourth-order valence-electron chi connectivity index (χ4n) is 2.02. The highest BCUT2D eigenvalue weighted by molar-refractivity contribution is 6.43.